The topological polar surface area (TPSA) is 56.0 Å². The molecule has 1 amide bonds. The van der Waals surface area contributed by atoms with Crippen LogP contribution in [0.25, 0.3) is 0 Å². The van der Waals surface area contributed by atoms with E-state index in [1.54, 1.807) is 0 Å². The van der Waals surface area contributed by atoms with Crippen LogP contribution < -0.4 is 0 Å². The molecule has 1 saturated heterocycles. The highest BCUT2D eigenvalue weighted by Crippen LogP contribution is 2.24. The van der Waals surface area contributed by atoms with Gasteiger partial charge in [0, 0.05) is 44.6 Å². The lowest BCUT2D eigenvalue weighted by molar-refractivity contribution is -0.136. The Bertz CT molecular complexity index is 693. The van der Waals surface area contributed by atoms with Gasteiger partial charge in [-0.15, -0.1) is 0 Å². The number of rotatable bonds is 4. The van der Waals surface area contributed by atoms with Gasteiger partial charge in [-0.25, -0.2) is 4.98 Å². The minimum Gasteiger partial charge on any atom is -0.338 e. The number of hydrogen-bond donors (Lipinski definition) is 0. The van der Waals surface area contributed by atoms with Crippen molar-refractivity contribution in [1.82, 2.24) is 24.2 Å². The summed E-state index contributed by atoms with van der Waals surface area (Å²) in [7, 11) is 1.95. The SMILES string of the molecule is Cc1nn(C)c(C)c1CCC(=O)N1CC(n2ccnc2C)C1. The van der Waals surface area contributed by atoms with E-state index in [0.717, 1.165) is 36.7 Å². The number of carbonyl (C=O) groups excluding carboxylic acids is 1. The molecule has 0 aromatic carbocycles. The second kappa shape index (κ2) is 5.59. The van der Waals surface area contributed by atoms with Crippen LogP contribution in [0.1, 0.15) is 35.2 Å². The number of aryl methyl sites for hydroxylation is 3. The van der Waals surface area contributed by atoms with Crippen LogP contribution in [0.5, 0.6) is 0 Å². The molecule has 6 heteroatoms. The molecule has 2 aromatic rings. The maximum Gasteiger partial charge on any atom is 0.223 e. The zero-order chi connectivity index (χ0) is 15.9. The van der Waals surface area contributed by atoms with Crippen LogP contribution in [0.3, 0.4) is 0 Å². The van der Waals surface area contributed by atoms with Gasteiger partial charge in [0.15, 0.2) is 0 Å². The smallest absolute Gasteiger partial charge is 0.223 e. The number of amides is 1. The predicted molar refractivity (Wildman–Crippen MR) is 83.6 cm³/mol. The van der Waals surface area contributed by atoms with Crippen LogP contribution in [0.15, 0.2) is 12.4 Å². The number of imidazole rings is 1. The number of likely N-dealkylation sites (tertiary alicyclic amines) is 1. The van der Waals surface area contributed by atoms with Crippen molar-refractivity contribution in [3.05, 3.63) is 35.2 Å². The van der Waals surface area contributed by atoms with Gasteiger partial charge in [0.1, 0.15) is 5.82 Å². The Balaban J connectivity index is 1.53. The lowest BCUT2D eigenvalue weighted by atomic mass is 10.0. The molecule has 0 aliphatic carbocycles. The number of aromatic nitrogens is 4. The number of nitrogens with zero attached hydrogens (tertiary/aromatic N) is 5. The van der Waals surface area contributed by atoms with Gasteiger partial charge in [0.25, 0.3) is 0 Å². The maximum atomic E-state index is 12.3. The summed E-state index contributed by atoms with van der Waals surface area (Å²) >= 11 is 0. The summed E-state index contributed by atoms with van der Waals surface area (Å²) in [6.07, 6.45) is 5.14. The van der Waals surface area contributed by atoms with Gasteiger partial charge in [-0.2, -0.15) is 5.10 Å². The summed E-state index contributed by atoms with van der Waals surface area (Å²) in [5.41, 5.74) is 3.39. The Morgan fingerprint density at radius 3 is 2.59 bits per heavy atom. The zero-order valence-electron chi connectivity index (χ0n) is 13.7. The molecular weight excluding hydrogens is 278 g/mol. The van der Waals surface area contributed by atoms with Crippen LogP contribution in [0.2, 0.25) is 0 Å². The Morgan fingerprint density at radius 1 is 1.32 bits per heavy atom. The van der Waals surface area contributed by atoms with Crippen molar-refractivity contribution in [2.75, 3.05) is 13.1 Å². The van der Waals surface area contributed by atoms with Gasteiger partial charge >= 0.3 is 0 Å². The van der Waals surface area contributed by atoms with Crippen molar-refractivity contribution >= 4 is 5.91 Å². The van der Waals surface area contributed by atoms with Crippen molar-refractivity contribution in [3.8, 4) is 0 Å². The summed E-state index contributed by atoms with van der Waals surface area (Å²) in [6.45, 7) is 7.65. The molecular formula is C16H23N5O. The van der Waals surface area contributed by atoms with Crippen molar-refractivity contribution in [3.63, 3.8) is 0 Å². The molecule has 0 radical (unpaired) electrons. The van der Waals surface area contributed by atoms with E-state index in [2.05, 4.69) is 21.6 Å². The second-order valence-electron chi connectivity index (χ2n) is 6.11. The van der Waals surface area contributed by atoms with E-state index in [-0.39, 0.29) is 5.91 Å². The minimum absolute atomic E-state index is 0.233. The highest BCUT2D eigenvalue weighted by molar-refractivity contribution is 5.77. The molecule has 22 heavy (non-hydrogen) atoms. The molecule has 1 aliphatic rings. The molecule has 3 heterocycles. The first kappa shape index (κ1) is 14.8. The quantitative estimate of drug-likeness (QED) is 0.861. The zero-order valence-corrected chi connectivity index (χ0v) is 13.7. The summed E-state index contributed by atoms with van der Waals surface area (Å²) in [5.74, 6) is 1.25. The van der Waals surface area contributed by atoms with Crippen LogP contribution in [-0.4, -0.2) is 43.2 Å². The van der Waals surface area contributed by atoms with E-state index in [0.29, 0.717) is 12.5 Å². The fourth-order valence-corrected chi connectivity index (χ4v) is 3.18. The van der Waals surface area contributed by atoms with Gasteiger partial charge in [-0.3, -0.25) is 9.48 Å². The predicted octanol–water partition coefficient (Wildman–Crippen LogP) is 1.56. The highest BCUT2D eigenvalue weighted by Gasteiger charge is 2.32. The second-order valence-corrected chi connectivity index (χ2v) is 6.11. The molecule has 3 rings (SSSR count). The van der Waals surface area contributed by atoms with E-state index in [1.165, 1.54) is 5.56 Å². The van der Waals surface area contributed by atoms with E-state index in [1.807, 2.05) is 42.9 Å². The van der Waals surface area contributed by atoms with E-state index in [4.69, 9.17) is 0 Å². The van der Waals surface area contributed by atoms with Crippen LogP contribution in [0, 0.1) is 20.8 Å². The summed E-state index contributed by atoms with van der Waals surface area (Å²) < 4.78 is 4.04. The lowest BCUT2D eigenvalue weighted by Gasteiger charge is -2.40. The molecule has 6 nitrogen and oxygen atoms in total. The van der Waals surface area contributed by atoms with E-state index in [9.17, 15) is 4.79 Å². The molecule has 0 unspecified atom stereocenters. The largest absolute Gasteiger partial charge is 0.338 e. The van der Waals surface area contributed by atoms with Crippen LogP contribution in [0.4, 0.5) is 0 Å². The fourth-order valence-electron chi connectivity index (χ4n) is 3.18. The Morgan fingerprint density at radius 2 is 2.05 bits per heavy atom. The average molecular weight is 301 g/mol. The Kier molecular flexibility index (Phi) is 3.76. The van der Waals surface area contributed by atoms with Gasteiger partial charge in [0.05, 0.1) is 11.7 Å². The fraction of sp³-hybridized carbons (Fsp3) is 0.562. The van der Waals surface area contributed by atoms with Crippen molar-refractivity contribution in [2.45, 2.75) is 39.7 Å². The highest BCUT2D eigenvalue weighted by atomic mass is 16.2. The first-order valence-electron chi connectivity index (χ1n) is 7.73. The Hall–Kier alpha value is -2.11. The van der Waals surface area contributed by atoms with Gasteiger partial charge in [-0.05, 0) is 32.8 Å². The first-order valence-corrected chi connectivity index (χ1v) is 7.73. The molecule has 0 N–H and O–H groups in total. The van der Waals surface area contributed by atoms with Crippen molar-refractivity contribution in [1.29, 1.82) is 0 Å². The van der Waals surface area contributed by atoms with Crippen molar-refractivity contribution in [2.24, 2.45) is 7.05 Å². The van der Waals surface area contributed by atoms with E-state index < -0.39 is 0 Å². The van der Waals surface area contributed by atoms with Crippen LogP contribution >= 0.6 is 0 Å². The molecule has 0 bridgehead atoms. The third kappa shape index (κ3) is 2.53. The third-order valence-corrected chi connectivity index (χ3v) is 4.72. The van der Waals surface area contributed by atoms with E-state index >= 15 is 0 Å². The number of carbonyl (C=O) groups is 1. The molecule has 1 fully saturated rings. The molecule has 0 spiro atoms. The van der Waals surface area contributed by atoms with Crippen LogP contribution in [-0.2, 0) is 18.3 Å². The Labute approximate surface area is 130 Å². The molecule has 118 valence electrons. The minimum atomic E-state index is 0.233. The summed E-state index contributed by atoms with van der Waals surface area (Å²) in [6, 6.07) is 0.383. The summed E-state index contributed by atoms with van der Waals surface area (Å²) in [4.78, 5) is 18.5. The molecule has 2 aromatic heterocycles. The summed E-state index contributed by atoms with van der Waals surface area (Å²) in [5, 5.41) is 4.40. The van der Waals surface area contributed by atoms with Crippen molar-refractivity contribution < 1.29 is 4.79 Å². The monoisotopic (exact) mass is 301 g/mol. The molecule has 1 aliphatic heterocycles. The third-order valence-electron chi connectivity index (χ3n) is 4.72. The standard InChI is InChI=1S/C16H23N5O/c1-11-15(12(2)19(4)18-11)5-6-16(22)20-9-14(10-20)21-8-7-17-13(21)3/h7-8,14H,5-6,9-10H2,1-4H3. The average Bonchev–Trinajstić information content (AvgIpc) is 2.92. The first-order chi connectivity index (χ1) is 10.5. The lowest BCUT2D eigenvalue weighted by Crippen LogP contribution is -2.50. The molecule has 0 atom stereocenters. The van der Waals surface area contributed by atoms with Gasteiger partial charge in [0.2, 0.25) is 5.91 Å². The number of hydrogen-bond acceptors (Lipinski definition) is 3. The van der Waals surface area contributed by atoms with Gasteiger partial charge in [-0.1, -0.05) is 0 Å². The maximum absolute atomic E-state index is 12.3. The van der Waals surface area contributed by atoms with Gasteiger partial charge < -0.3 is 9.47 Å². The molecule has 0 saturated carbocycles. The normalized spacial score (nSPS) is 15.2.